The number of nitrogens with two attached hydrogens (primary N) is 1. The van der Waals surface area contributed by atoms with Gasteiger partial charge in [-0.2, -0.15) is 0 Å². The average molecular weight is 303 g/mol. The second-order valence-corrected chi connectivity index (χ2v) is 4.65. The third-order valence-corrected chi connectivity index (χ3v) is 3.01. The minimum absolute atomic E-state index is 0.241. The highest BCUT2D eigenvalue weighted by Gasteiger charge is 2.06. The van der Waals surface area contributed by atoms with Crippen molar-refractivity contribution in [3.63, 3.8) is 0 Å². The van der Waals surface area contributed by atoms with Crippen molar-refractivity contribution >= 4 is 5.84 Å². The van der Waals surface area contributed by atoms with Crippen molar-refractivity contribution in [2.24, 2.45) is 10.7 Å². The molecule has 0 aliphatic heterocycles. The van der Waals surface area contributed by atoms with Crippen molar-refractivity contribution < 1.29 is 9.47 Å². The van der Waals surface area contributed by atoms with E-state index < -0.39 is 0 Å². The van der Waals surface area contributed by atoms with Crippen LogP contribution in [0.2, 0.25) is 0 Å². The molecule has 5 heteroatoms. The molecule has 3 N–H and O–H groups in total. The number of aliphatic imine (C=N–C) groups is 1. The number of likely N-dealkylation sites (N-methyl/N-ethyl adjacent to an activating group) is 1. The number of hydrogen-bond acceptors (Lipinski definition) is 4. The van der Waals surface area contributed by atoms with E-state index >= 15 is 0 Å². The van der Waals surface area contributed by atoms with E-state index in [1.165, 1.54) is 5.56 Å². The molecule has 0 heterocycles. The molecule has 0 spiro atoms. The lowest BCUT2D eigenvalue weighted by atomic mass is 10.1. The Bertz CT molecular complexity index is 533. The van der Waals surface area contributed by atoms with Crippen LogP contribution in [-0.2, 0) is 11.2 Å². The number of amidine groups is 1. The summed E-state index contributed by atoms with van der Waals surface area (Å²) in [7, 11) is 3.43. The fourth-order valence-corrected chi connectivity index (χ4v) is 1.92. The van der Waals surface area contributed by atoms with Gasteiger partial charge >= 0.3 is 0 Å². The Balaban J connectivity index is 2.45. The van der Waals surface area contributed by atoms with Crippen molar-refractivity contribution in [2.45, 2.75) is 19.8 Å². The molecule has 0 aliphatic rings. The van der Waals surface area contributed by atoms with Gasteiger partial charge in [-0.25, -0.2) is 4.99 Å². The van der Waals surface area contributed by atoms with E-state index in [2.05, 4.69) is 29.0 Å². The van der Waals surface area contributed by atoms with E-state index in [4.69, 9.17) is 15.2 Å². The lowest BCUT2D eigenvalue weighted by Gasteiger charge is -2.12. The molecule has 0 aromatic heterocycles. The van der Waals surface area contributed by atoms with Crippen molar-refractivity contribution in [3.8, 4) is 5.75 Å². The van der Waals surface area contributed by atoms with E-state index in [9.17, 15) is 0 Å². The molecule has 120 valence electrons. The predicted molar refractivity (Wildman–Crippen MR) is 90.8 cm³/mol. The zero-order chi connectivity index (χ0) is 16.4. The van der Waals surface area contributed by atoms with Crippen LogP contribution in [0.5, 0.6) is 5.75 Å². The van der Waals surface area contributed by atoms with Gasteiger partial charge in [0.1, 0.15) is 11.6 Å². The van der Waals surface area contributed by atoms with Crippen molar-refractivity contribution in [3.05, 3.63) is 54.1 Å². The van der Waals surface area contributed by atoms with Crippen LogP contribution in [-0.4, -0.2) is 26.6 Å². The summed E-state index contributed by atoms with van der Waals surface area (Å²) in [6.45, 7) is 6.06. The van der Waals surface area contributed by atoms with Gasteiger partial charge in [0.05, 0.1) is 13.7 Å². The maximum Gasteiger partial charge on any atom is 0.170 e. The summed E-state index contributed by atoms with van der Waals surface area (Å²) >= 11 is 0. The average Bonchev–Trinajstić information content (AvgIpc) is 2.53. The summed E-state index contributed by atoms with van der Waals surface area (Å²) < 4.78 is 10.9. The smallest absolute Gasteiger partial charge is 0.170 e. The van der Waals surface area contributed by atoms with Crippen LogP contribution in [0.1, 0.15) is 18.9 Å². The first-order valence-corrected chi connectivity index (χ1v) is 7.24. The number of benzene rings is 1. The molecule has 0 unspecified atom stereocenters. The third kappa shape index (κ3) is 5.91. The molecule has 0 bridgehead atoms. The van der Waals surface area contributed by atoms with Crippen LogP contribution >= 0.6 is 0 Å². The van der Waals surface area contributed by atoms with Crippen molar-refractivity contribution in [2.75, 3.05) is 20.8 Å². The first kappa shape index (κ1) is 17.6. The van der Waals surface area contributed by atoms with Crippen LogP contribution in [0.25, 0.3) is 0 Å². The fraction of sp³-hybridized carbons (Fsp3) is 0.353. The van der Waals surface area contributed by atoms with E-state index in [0.29, 0.717) is 18.2 Å². The number of methoxy groups -OCH3 is 1. The van der Waals surface area contributed by atoms with Crippen LogP contribution in [0.15, 0.2) is 53.5 Å². The van der Waals surface area contributed by atoms with E-state index in [0.717, 1.165) is 18.6 Å². The number of hydrogen-bond donors (Lipinski definition) is 2. The molecule has 0 fully saturated rings. The van der Waals surface area contributed by atoms with Gasteiger partial charge in [0.25, 0.3) is 0 Å². The molecule has 22 heavy (non-hydrogen) atoms. The molecule has 0 amide bonds. The molecule has 1 aromatic rings. The minimum Gasteiger partial charge on any atom is -0.497 e. The first-order valence-electron chi connectivity index (χ1n) is 7.24. The van der Waals surface area contributed by atoms with Crippen LogP contribution in [0.4, 0.5) is 0 Å². The second kappa shape index (κ2) is 9.50. The minimum atomic E-state index is 0.241. The number of nitrogens with one attached hydrogen (secondary N) is 1. The number of ether oxygens (including phenoxy) is 2. The second-order valence-electron chi connectivity index (χ2n) is 4.65. The highest BCUT2D eigenvalue weighted by Crippen LogP contribution is 2.13. The first-order chi connectivity index (χ1) is 10.6. The summed E-state index contributed by atoms with van der Waals surface area (Å²) in [4.78, 5) is 4.10. The van der Waals surface area contributed by atoms with Gasteiger partial charge in [-0.1, -0.05) is 18.7 Å². The molecule has 0 atom stereocenters. The van der Waals surface area contributed by atoms with Gasteiger partial charge in [-0.15, -0.1) is 0 Å². The van der Waals surface area contributed by atoms with Gasteiger partial charge in [-0.05, 0) is 43.5 Å². The van der Waals surface area contributed by atoms with Gasteiger partial charge in [0.15, 0.2) is 11.6 Å². The van der Waals surface area contributed by atoms with E-state index in [-0.39, 0.29) is 5.82 Å². The lowest BCUT2D eigenvalue weighted by Crippen LogP contribution is -2.23. The molecular weight excluding hydrogens is 278 g/mol. The number of aryl methyl sites for hydroxylation is 1. The summed E-state index contributed by atoms with van der Waals surface area (Å²) in [6, 6.07) is 8.06. The summed E-state index contributed by atoms with van der Waals surface area (Å²) in [6.07, 6.45) is 3.70. The van der Waals surface area contributed by atoms with Gasteiger partial charge < -0.3 is 20.5 Å². The topological polar surface area (TPSA) is 68.9 Å². The Hall–Kier alpha value is -2.43. The molecule has 0 aliphatic carbocycles. The third-order valence-electron chi connectivity index (χ3n) is 3.01. The molecule has 0 saturated heterocycles. The molecule has 1 rings (SSSR count). The molecule has 0 saturated carbocycles. The molecule has 0 radical (unpaired) electrons. The summed E-state index contributed by atoms with van der Waals surface area (Å²) in [5.41, 5.74) is 6.75. The Labute approximate surface area is 132 Å². The standard InChI is InChI=1S/C17H25N3O2/c1-5-16(17(19-3)20-13(2)18)22-12-6-7-14-8-10-15(21-4)11-9-14/h5,8-11H,2,6-7,12,18H2,1,3-4H3,(H,19,20)/b16-5+. The Morgan fingerprint density at radius 2 is 2.05 bits per heavy atom. The van der Waals surface area contributed by atoms with E-state index in [1.807, 2.05) is 25.1 Å². The molecule has 5 nitrogen and oxygen atoms in total. The normalized spacial score (nSPS) is 12.0. The number of nitrogens with zero attached hydrogens (tertiary/aromatic N) is 1. The maximum atomic E-state index is 5.76. The monoisotopic (exact) mass is 303 g/mol. The van der Waals surface area contributed by atoms with Crippen molar-refractivity contribution in [1.82, 2.24) is 5.32 Å². The van der Waals surface area contributed by atoms with Crippen LogP contribution < -0.4 is 15.8 Å². The highest BCUT2D eigenvalue weighted by atomic mass is 16.5. The largest absolute Gasteiger partial charge is 0.497 e. The van der Waals surface area contributed by atoms with Crippen LogP contribution in [0.3, 0.4) is 0 Å². The summed E-state index contributed by atoms with van der Waals surface area (Å²) in [5.74, 6) is 2.36. The predicted octanol–water partition coefficient (Wildman–Crippen LogP) is 2.60. The van der Waals surface area contributed by atoms with Gasteiger partial charge in [0.2, 0.25) is 0 Å². The summed E-state index contributed by atoms with van der Waals surface area (Å²) in [5, 5.41) is 2.96. The molecule has 1 aromatic carbocycles. The highest BCUT2D eigenvalue weighted by molar-refractivity contribution is 5.96. The Kier molecular flexibility index (Phi) is 7.61. The molecular formula is C17H25N3O2. The SMILES string of the molecule is C=C(N)/N=C(NC)\C(=C/C)OCCCc1ccc(OC)cc1. The fourth-order valence-electron chi connectivity index (χ4n) is 1.92. The lowest BCUT2D eigenvalue weighted by molar-refractivity contribution is 0.225. The zero-order valence-electron chi connectivity index (χ0n) is 13.6. The Morgan fingerprint density at radius 1 is 1.36 bits per heavy atom. The number of allylic oxidation sites excluding steroid dienone is 1. The quantitative estimate of drug-likeness (QED) is 0.335. The van der Waals surface area contributed by atoms with Crippen LogP contribution in [0, 0.1) is 0 Å². The Morgan fingerprint density at radius 3 is 2.55 bits per heavy atom. The van der Waals surface area contributed by atoms with E-state index in [1.54, 1.807) is 14.2 Å². The van der Waals surface area contributed by atoms with Gasteiger partial charge in [0, 0.05) is 7.05 Å². The van der Waals surface area contributed by atoms with Gasteiger partial charge in [-0.3, -0.25) is 0 Å². The zero-order valence-corrected chi connectivity index (χ0v) is 13.6. The van der Waals surface area contributed by atoms with Crippen molar-refractivity contribution in [1.29, 1.82) is 0 Å². The number of rotatable bonds is 8. The maximum absolute atomic E-state index is 5.76.